The van der Waals surface area contributed by atoms with Gasteiger partial charge in [-0.15, -0.1) is 0 Å². The van der Waals surface area contributed by atoms with E-state index in [1.807, 2.05) is 28.9 Å². The Balaban J connectivity index is 2.20. The van der Waals surface area contributed by atoms with Crippen LogP contribution in [0.1, 0.15) is 30.7 Å². The fraction of sp³-hybridized carbons (Fsp3) is 0.400. The summed E-state index contributed by atoms with van der Waals surface area (Å²) >= 11 is 3.45. The van der Waals surface area contributed by atoms with Crippen molar-refractivity contribution in [1.29, 1.82) is 0 Å². The number of methoxy groups -OCH3 is 1. The first-order valence-electron chi connectivity index (χ1n) is 6.68. The van der Waals surface area contributed by atoms with Crippen LogP contribution < -0.4 is 4.74 Å². The van der Waals surface area contributed by atoms with Crippen molar-refractivity contribution < 1.29 is 9.84 Å². The van der Waals surface area contributed by atoms with E-state index < -0.39 is 6.10 Å². The molecule has 0 fully saturated rings. The van der Waals surface area contributed by atoms with Crippen LogP contribution in [0.25, 0.3) is 0 Å². The predicted octanol–water partition coefficient (Wildman–Crippen LogP) is 3.34. The van der Waals surface area contributed by atoms with Crippen molar-refractivity contribution in [2.45, 2.75) is 32.4 Å². The number of hydrogen-bond acceptors (Lipinski definition) is 3. The van der Waals surface area contributed by atoms with Crippen molar-refractivity contribution in [3.05, 3.63) is 46.2 Å². The molecule has 0 amide bonds. The van der Waals surface area contributed by atoms with Crippen LogP contribution in [0.3, 0.4) is 0 Å². The van der Waals surface area contributed by atoms with Crippen LogP contribution in [0, 0.1) is 0 Å². The maximum absolute atomic E-state index is 10.4. The fourth-order valence-corrected chi connectivity index (χ4v) is 2.65. The number of aromatic nitrogens is 2. The summed E-state index contributed by atoms with van der Waals surface area (Å²) in [6.45, 7) is 2.91. The van der Waals surface area contributed by atoms with E-state index in [-0.39, 0.29) is 0 Å². The van der Waals surface area contributed by atoms with Crippen LogP contribution in [-0.4, -0.2) is 22.0 Å². The Labute approximate surface area is 127 Å². The van der Waals surface area contributed by atoms with Crippen molar-refractivity contribution in [2.24, 2.45) is 0 Å². The Morgan fingerprint density at radius 1 is 1.40 bits per heavy atom. The molecule has 0 spiro atoms. The molecule has 4 nitrogen and oxygen atoms in total. The maximum atomic E-state index is 10.4. The molecular formula is C15H19BrN2O2. The van der Waals surface area contributed by atoms with Gasteiger partial charge in [0.05, 0.1) is 18.9 Å². The fourth-order valence-electron chi connectivity index (χ4n) is 2.24. The van der Waals surface area contributed by atoms with Gasteiger partial charge in [0, 0.05) is 23.6 Å². The molecule has 0 aliphatic rings. The van der Waals surface area contributed by atoms with E-state index in [2.05, 4.69) is 28.0 Å². The first-order valence-corrected chi connectivity index (χ1v) is 7.47. The van der Waals surface area contributed by atoms with Crippen LogP contribution in [0.4, 0.5) is 0 Å². The highest BCUT2D eigenvalue weighted by Gasteiger charge is 2.16. The molecule has 1 aromatic heterocycles. The normalized spacial score (nSPS) is 12.4. The van der Waals surface area contributed by atoms with Crippen molar-refractivity contribution in [1.82, 2.24) is 9.78 Å². The summed E-state index contributed by atoms with van der Waals surface area (Å²) in [6.07, 6.45) is 2.62. The smallest absolute Gasteiger partial charge is 0.122 e. The number of aryl methyl sites for hydroxylation is 1. The molecule has 0 saturated carbocycles. The summed E-state index contributed by atoms with van der Waals surface area (Å²) in [7, 11) is 1.64. The van der Waals surface area contributed by atoms with E-state index in [1.165, 1.54) is 0 Å². The third-order valence-electron chi connectivity index (χ3n) is 3.18. The molecule has 0 aliphatic carbocycles. The molecular weight excluding hydrogens is 320 g/mol. The molecule has 108 valence electrons. The minimum atomic E-state index is -0.591. The van der Waals surface area contributed by atoms with E-state index in [1.54, 1.807) is 13.3 Å². The van der Waals surface area contributed by atoms with Gasteiger partial charge in [-0.25, -0.2) is 0 Å². The van der Waals surface area contributed by atoms with Gasteiger partial charge in [-0.05, 0) is 36.2 Å². The lowest BCUT2D eigenvalue weighted by molar-refractivity contribution is 0.165. The lowest BCUT2D eigenvalue weighted by atomic mass is 10.0. The molecule has 1 atom stereocenters. The van der Waals surface area contributed by atoms with Crippen LogP contribution in [0.2, 0.25) is 0 Å². The van der Waals surface area contributed by atoms with Gasteiger partial charge in [0.1, 0.15) is 5.75 Å². The molecule has 1 N–H and O–H groups in total. The zero-order valence-corrected chi connectivity index (χ0v) is 13.3. The number of benzene rings is 1. The monoisotopic (exact) mass is 338 g/mol. The van der Waals surface area contributed by atoms with Crippen LogP contribution in [0.15, 0.2) is 34.9 Å². The van der Waals surface area contributed by atoms with Gasteiger partial charge >= 0.3 is 0 Å². The third kappa shape index (κ3) is 3.41. The largest absolute Gasteiger partial charge is 0.496 e. The van der Waals surface area contributed by atoms with Gasteiger partial charge in [0.25, 0.3) is 0 Å². The zero-order chi connectivity index (χ0) is 14.5. The van der Waals surface area contributed by atoms with Gasteiger partial charge in [0.15, 0.2) is 0 Å². The number of aliphatic hydroxyl groups excluding tert-OH is 1. The van der Waals surface area contributed by atoms with Crippen molar-refractivity contribution in [2.75, 3.05) is 7.11 Å². The maximum Gasteiger partial charge on any atom is 0.122 e. The number of nitrogens with zero attached hydrogens (tertiary/aromatic N) is 2. The van der Waals surface area contributed by atoms with E-state index in [0.717, 1.165) is 34.4 Å². The van der Waals surface area contributed by atoms with E-state index >= 15 is 0 Å². The summed E-state index contributed by atoms with van der Waals surface area (Å²) < 4.78 is 8.17. The summed E-state index contributed by atoms with van der Waals surface area (Å²) in [5.41, 5.74) is 1.81. The Hall–Kier alpha value is -1.33. The predicted molar refractivity (Wildman–Crippen MR) is 81.9 cm³/mol. The molecule has 1 heterocycles. The minimum absolute atomic E-state index is 0.498. The van der Waals surface area contributed by atoms with Crippen LogP contribution in [0.5, 0.6) is 5.75 Å². The molecule has 20 heavy (non-hydrogen) atoms. The van der Waals surface area contributed by atoms with Crippen LogP contribution in [-0.2, 0) is 13.0 Å². The highest BCUT2D eigenvalue weighted by Crippen LogP contribution is 2.28. The zero-order valence-electron chi connectivity index (χ0n) is 11.7. The SMILES string of the molecule is CCCn1nccc1C(O)Cc1cc(Br)ccc1OC. The Morgan fingerprint density at radius 2 is 2.20 bits per heavy atom. The standard InChI is InChI=1S/C15H19BrN2O2/c1-3-8-18-13(6-7-17-18)14(19)10-11-9-12(16)4-5-15(11)20-2/h4-7,9,14,19H,3,8,10H2,1-2H3. The molecule has 2 aromatic rings. The molecule has 5 heteroatoms. The molecule has 1 unspecified atom stereocenters. The van der Waals surface area contributed by atoms with Crippen molar-refractivity contribution in [3.8, 4) is 5.75 Å². The topological polar surface area (TPSA) is 47.3 Å². The number of halogens is 1. The van der Waals surface area contributed by atoms with Gasteiger partial charge < -0.3 is 9.84 Å². The second kappa shape index (κ2) is 6.90. The average molecular weight is 339 g/mol. The van der Waals surface area contributed by atoms with Gasteiger partial charge in [0.2, 0.25) is 0 Å². The average Bonchev–Trinajstić information content (AvgIpc) is 2.88. The van der Waals surface area contributed by atoms with Gasteiger partial charge in [-0.1, -0.05) is 22.9 Å². The second-order valence-corrected chi connectivity index (χ2v) is 5.57. The number of aliphatic hydroxyl groups is 1. The minimum Gasteiger partial charge on any atom is -0.496 e. The summed E-state index contributed by atoms with van der Waals surface area (Å²) in [6, 6.07) is 7.67. The first-order chi connectivity index (χ1) is 9.65. The third-order valence-corrected chi connectivity index (χ3v) is 3.68. The Bertz CT molecular complexity index is 569. The highest BCUT2D eigenvalue weighted by atomic mass is 79.9. The molecule has 0 saturated heterocycles. The number of rotatable bonds is 6. The highest BCUT2D eigenvalue weighted by molar-refractivity contribution is 9.10. The Morgan fingerprint density at radius 3 is 2.90 bits per heavy atom. The van der Waals surface area contributed by atoms with Gasteiger partial charge in [-0.2, -0.15) is 5.10 Å². The molecule has 0 aliphatic heterocycles. The summed E-state index contributed by atoms with van der Waals surface area (Å²) in [5, 5.41) is 14.7. The first kappa shape index (κ1) is 15.1. The van der Waals surface area contributed by atoms with Crippen molar-refractivity contribution in [3.63, 3.8) is 0 Å². The van der Waals surface area contributed by atoms with E-state index in [9.17, 15) is 5.11 Å². The quantitative estimate of drug-likeness (QED) is 0.878. The van der Waals surface area contributed by atoms with Gasteiger partial charge in [-0.3, -0.25) is 4.68 Å². The lowest BCUT2D eigenvalue weighted by Crippen LogP contribution is -2.11. The van der Waals surface area contributed by atoms with Crippen LogP contribution >= 0.6 is 15.9 Å². The number of hydrogen-bond donors (Lipinski definition) is 1. The molecule has 1 aromatic carbocycles. The molecule has 0 radical (unpaired) electrons. The van der Waals surface area contributed by atoms with Crippen molar-refractivity contribution >= 4 is 15.9 Å². The van der Waals surface area contributed by atoms with E-state index in [4.69, 9.17) is 4.74 Å². The second-order valence-electron chi connectivity index (χ2n) is 4.66. The summed E-state index contributed by atoms with van der Waals surface area (Å²) in [5.74, 6) is 0.786. The Kier molecular flexibility index (Phi) is 5.20. The lowest BCUT2D eigenvalue weighted by Gasteiger charge is -2.15. The molecule has 0 bridgehead atoms. The number of ether oxygens (including phenoxy) is 1. The molecule has 2 rings (SSSR count). The summed E-state index contributed by atoms with van der Waals surface area (Å²) in [4.78, 5) is 0. The van der Waals surface area contributed by atoms with E-state index in [0.29, 0.717) is 6.42 Å².